The molecule has 3 rings (SSSR count). The number of imide groups is 1. The molecule has 0 spiro atoms. The molecule has 0 unspecified atom stereocenters. The van der Waals surface area contributed by atoms with Gasteiger partial charge in [0.15, 0.2) is 0 Å². The van der Waals surface area contributed by atoms with E-state index in [4.69, 9.17) is 11.6 Å². The van der Waals surface area contributed by atoms with Crippen LogP contribution in [-0.4, -0.2) is 11.8 Å². The number of carbonyl (C=O) groups is 2. The lowest BCUT2D eigenvalue weighted by atomic mass is 10.1. The summed E-state index contributed by atoms with van der Waals surface area (Å²) in [5, 5.41) is 2.93. The summed E-state index contributed by atoms with van der Waals surface area (Å²) in [6, 6.07) is 12.9. The number of nitrogens with one attached hydrogen (secondary N) is 1. The first-order chi connectivity index (χ1) is 11.4. The minimum atomic E-state index is -0.515. The van der Waals surface area contributed by atoms with Gasteiger partial charge in [0.1, 0.15) is 10.7 Å². The van der Waals surface area contributed by atoms with Gasteiger partial charge in [-0.1, -0.05) is 41.4 Å². The van der Waals surface area contributed by atoms with E-state index in [0.29, 0.717) is 5.69 Å². The molecule has 1 aliphatic heterocycles. The zero-order valence-corrected chi connectivity index (χ0v) is 14.4. The zero-order valence-electron chi connectivity index (χ0n) is 13.7. The van der Waals surface area contributed by atoms with Crippen molar-refractivity contribution in [2.24, 2.45) is 0 Å². The summed E-state index contributed by atoms with van der Waals surface area (Å²) in [5.74, 6) is -0.965. The standard InChI is InChI=1S/C19H17ClN2O2/c1-11-7-9-14(10-8-11)22-18(23)16(20)17(19(22)24)21-15-6-4-5-12(2)13(15)3/h4-10,21H,1-3H3. The number of benzene rings is 2. The summed E-state index contributed by atoms with van der Waals surface area (Å²) in [7, 11) is 0. The fourth-order valence-electron chi connectivity index (χ4n) is 2.56. The van der Waals surface area contributed by atoms with Gasteiger partial charge in [0.2, 0.25) is 0 Å². The molecule has 1 aliphatic rings. The maximum Gasteiger partial charge on any atom is 0.283 e. The van der Waals surface area contributed by atoms with Gasteiger partial charge in [-0.3, -0.25) is 9.59 Å². The molecule has 0 fully saturated rings. The summed E-state index contributed by atoms with van der Waals surface area (Å²) in [6.07, 6.45) is 0. The van der Waals surface area contributed by atoms with E-state index in [2.05, 4.69) is 5.32 Å². The molecule has 2 amide bonds. The molecule has 0 atom stereocenters. The summed E-state index contributed by atoms with van der Waals surface area (Å²) >= 11 is 6.15. The van der Waals surface area contributed by atoms with Crippen molar-refractivity contribution >= 4 is 34.8 Å². The van der Waals surface area contributed by atoms with Crippen LogP contribution in [0.15, 0.2) is 53.2 Å². The van der Waals surface area contributed by atoms with Crippen LogP contribution in [0.3, 0.4) is 0 Å². The monoisotopic (exact) mass is 340 g/mol. The molecular weight excluding hydrogens is 324 g/mol. The van der Waals surface area contributed by atoms with Gasteiger partial charge >= 0.3 is 0 Å². The second-order valence-corrected chi connectivity index (χ2v) is 6.22. The lowest BCUT2D eigenvalue weighted by Crippen LogP contribution is -2.32. The molecule has 0 saturated carbocycles. The number of anilines is 2. The van der Waals surface area contributed by atoms with Gasteiger partial charge < -0.3 is 5.32 Å². The average Bonchev–Trinajstić information content (AvgIpc) is 2.76. The molecule has 4 nitrogen and oxygen atoms in total. The van der Waals surface area contributed by atoms with Crippen molar-refractivity contribution in [2.75, 3.05) is 10.2 Å². The average molecular weight is 341 g/mol. The van der Waals surface area contributed by atoms with Crippen LogP contribution in [0.25, 0.3) is 0 Å². The molecule has 1 N–H and O–H groups in total. The largest absolute Gasteiger partial charge is 0.349 e. The molecule has 24 heavy (non-hydrogen) atoms. The van der Waals surface area contributed by atoms with E-state index in [1.54, 1.807) is 12.1 Å². The Morgan fingerprint density at radius 3 is 2.25 bits per heavy atom. The Labute approximate surface area is 145 Å². The van der Waals surface area contributed by atoms with Gasteiger partial charge in [-0.05, 0) is 50.1 Å². The molecule has 2 aromatic rings. The van der Waals surface area contributed by atoms with Crippen molar-refractivity contribution < 1.29 is 9.59 Å². The van der Waals surface area contributed by atoms with Gasteiger partial charge in [0, 0.05) is 5.69 Å². The molecule has 0 saturated heterocycles. The van der Waals surface area contributed by atoms with E-state index in [0.717, 1.165) is 27.3 Å². The van der Waals surface area contributed by atoms with Gasteiger partial charge in [-0.15, -0.1) is 0 Å². The van der Waals surface area contributed by atoms with Gasteiger partial charge in [0.05, 0.1) is 5.69 Å². The highest BCUT2D eigenvalue weighted by atomic mass is 35.5. The van der Waals surface area contributed by atoms with E-state index in [1.165, 1.54) is 0 Å². The van der Waals surface area contributed by atoms with Crippen molar-refractivity contribution in [1.29, 1.82) is 0 Å². The van der Waals surface area contributed by atoms with E-state index < -0.39 is 11.8 Å². The van der Waals surface area contributed by atoms with Crippen molar-refractivity contribution in [3.63, 3.8) is 0 Å². The van der Waals surface area contributed by atoms with Crippen molar-refractivity contribution in [3.05, 3.63) is 69.9 Å². The van der Waals surface area contributed by atoms with Crippen molar-refractivity contribution in [3.8, 4) is 0 Å². The van der Waals surface area contributed by atoms with Crippen LogP contribution in [0.5, 0.6) is 0 Å². The van der Waals surface area contributed by atoms with Crippen LogP contribution in [0, 0.1) is 20.8 Å². The SMILES string of the molecule is Cc1ccc(N2C(=O)C(Cl)=C(Nc3cccc(C)c3C)C2=O)cc1. The van der Waals surface area contributed by atoms with E-state index >= 15 is 0 Å². The summed E-state index contributed by atoms with van der Waals surface area (Å²) in [6.45, 7) is 5.87. The molecule has 0 radical (unpaired) electrons. The van der Waals surface area contributed by atoms with Crippen LogP contribution in [0.1, 0.15) is 16.7 Å². The fourth-order valence-corrected chi connectivity index (χ4v) is 2.77. The molecule has 122 valence electrons. The minimum Gasteiger partial charge on any atom is -0.349 e. The molecule has 2 aromatic carbocycles. The highest BCUT2D eigenvalue weighted by Gasteiger charge is 2.39. The zero-order chi connectivity index (χ0) is 17.4. The second kappa shape index (κ2) is 6.13. The maximum atomic E-state index is 12.7. The summed E-state index contributed by atoms with van der Waals surface area (Å²) in [4.78, 5) is 26.2. The van der Waals surface area contributed by atoms with Crippen molar-refractivity contribution in [2.45, 2.75) is 20.8 Å². The number of hydrogen-bond donors (Lipinski definition) is 1. The first-order valence-electron chi connectivity index (χ1n) is 7.58. The van der Waals surface area contributed by atoms with Crippen LogP contribution >= 0.6 is 11.6 Å². The van der Waals surface area contributed by atoms with Crippen molar-refractivity contribution in [1.82, 2.24) is 0 Å². The van der Waals surface area contributed by atoms with E-state index in [1.807, 2.05) is 51.1 Å². The summed E-state index contributed by atoms with van der Waals surface area (Å²) in [5.41, 5.74) is 4.51. The lowest BCUT2D eigenvalue weighted by Gasteiger charge is -2.16. The van der Waals surface area contributed by atoms with Gasteiger partial charge in [0.25, 0.3) is 11.8 Å². The number of aryl methyl sites for hydroxylation is 2. The Morgan fingerprint density at radius 2 is 1.58 bits per heavy atom. The molecular formula is C19H17ClN2O2. The first kappa shape index (κ1) is 16.3. The highest BCUT2D eigenvalue weighted by molar-refractivity contribution is 6.53. The van der Waals surface area contributed by atoms with Crippen LogP contribution in [-0.2, 0) is 9.59 Å². The quantitative estimate of drug-likeness (QED) is 0.858. The Morgan fingerprint density at radius 1 is 0.917 bits per heavy atom. The Hall–Kier alpha value is -2.59. The normalized spacial score (nSPS) is 14.6. The molecule has 0 aliphatic carbocycles. The number of hydrogen-bond acceptors (Lipinski definition) is 3. The van der Waals surface area contributed by atoms with Crippen LogP contribution < -0.4 is 10.2 Å². The number of halogens is 1. The number of amides is 2. The van der Waals surface area contributed by atoms with E-state index in [-0.39, 0.29) is 10.7 Å². The second-order valence-electron chi connectivity index (χ2n) is 5.84. The van der Waals surface area contributed by atoms with Gasteiger partial charge in [-0.25, -0.2) is 4.90 Å². The predicted molar refractivity (Wildman–Crippen MR) is 96.1 cm³/mol. The minimum absolute atomic E-state index is 0.0959. The predicted octanol–water partition coefficient (Wildman–Crippen LogP) is 4.05. The van der Waals surface area contributed by atoms with Gasteiger partial charge in [-0.2, -0.15) is 0 Å². The molecule has 0 bridgehead atoms. The maximum absolute atomic E-state index is 12.7. The Kier molecular flexibility index (Phi) is 4.16. The first-order valence-corrected chi connectivity index (χ1v) is 7.96. The van der Waals surface area contributed by atoms with Crippen LogP contribution in [0.4, 0.5) is 11.4 Å². The topological polar surface area (TPSA) is 49.4 Å². The number of carbonyl (C=O) groups excluding carboxylic acids is 2. The fraction of sp³-hybridized carbons (Fsp3) is 0.158. The Balaban J connectivity index is 1.95. The Bertz CT molecular complexity index is 869. The number of nitrogens with zero attached hydrogens (tertiary/aromatic N) is 1. The highest BCUT2D eigenvalue weighted by Crippen LogP contribution is 2.31. The lowest BCUT2D eigenvalue weighted by molar-refractivity contribution is -0.120. The number of rotatable bonds is 3. The molecule has 5 heteroatoms. The summed E-state index contributed by atoms with van der Waals surface area (Å²) < 4.78 is 0. The molecule has 1 heterocycles. The smallest absolute Gasteiger partial charge is 0.283 e. The third-order valence-electron chi connectivity index (χ3n) is 4.18. The van der Waals surface area contributed by atoms with E-state index in [9.17, 15) is 9.59 Å². The molecule has 0 aromatic heterocycles. The third kappa shape index (κ3) is 2.69. The van der Waals surface area contributed by atoms with Crippen LogP contribution in [0.2, 0.25) is 0 Å². The third-order valence-corrected chi connectivity index (χ3v) is 4.53.